The predicted octanol–water partition coefficient (Wildman–Crippen LogP) is 3.64. The first-order valence-electron chi connectivity index (χ1n) is 22.0. The van der Waals surface area contributed by atoms with Gasteiger partial charge in [-0.15, -0.1) is 0 Å². The third-order valence-electron chi connectivity index (χ3n) is 12.5. The van der Waals surface area contributed by atoms with Gasteiger partial charge in [0.15, 0.2) is 5.82 Å². The maximum Gasteiger partial charge on any atom is 0.319 e. The molecule has 4 aliphatic rings. The van der Waals surface area contributed by atoms with E-state index in [-0.39, 0.29) is 97.3 Å². The number of nitrogens with zero attached hydrogens (tertiary/aromatic N) is 6. The minimum atomic E-state index is -2.14. The number of aromatic nitrogens is 2. The first kappa shape index (κ1) is 45.6. The Morgan fingerprint density at radius 2 is 1.63 bits per heavy atom. The number of carbonyl (C=O) groups excluding carboxylic acids is 5. The number of nitrogens with one attached hydrogen (secondary N) is 1. The van der Waals surface area contributed by atoms with Gasteiger partial charge in [0, 0.05) is 63.2 Å². The maximum absolute atomic E-state index is 17.1. The number of fused-ring (bicyclic) bond motifs is 3. The van der Waals surface area contributed by atoms with Crippen molar-refractivity contribution in [3.8, 4) is 28.6 Å². The van der Waals surface area contributed by atoms with Crippen LogP contribution in [0.4, 0.5) is 10.2 Å². The number of phenolic OH excluding ortho intramolecular Hbond substituents is 1. The van der Waals surface area contributed by atoms with E-state index in [0.717, 1.165) is 17.7 Å². The molecule has 4 aromatic carbocycles. The highest BCUT2D eigenvalue weighted by Crippen LogP contribution is 2.43. The quantitative estimate of drug-likeness (QED) is 0.0752. The summed E-state index contributed by atoms with van der Waals surface area (Å²) in [5.74, 6) is -3.24. The molecule has 0 radical (unpaired) electrons. The van der Waals surface area contributed by atoms with E-state index in [1.807, 2.05) is 36.1 Å². The molecule has 1 aromatic heterocycles. The van der Waals surface area contributed by atoms with Gasteiger partial charge in [0.2, 0.25) is 18.1 Å². The largest absolute Gasteiger partial charge is 0.508 e. The molecule has 5 amide bonds. The normalized spacial score (nSPS) is 18.8. The molecule has 18 nitrogen and oxygen atoms in total. The lowest BCUT2D eigenvalue weighted by Gasteiger charge is -2.36. The van der Waals surface area contributed by atoms with E-state index in [9.17, 15) is 39.3 Å². The molecule has 5 heterocycles. The minimum Gasteiger partial charge on any atom is -0.508 e. The number of aliphatic hydroxyl groups is 2. The van der Waals surface area contributed by atoms with Crippen molar-refractivity contribution in [2.75, 3.05) is 63.9 Å². The summed E-state index contributed by atoms with van der Waals surface area (Å²) in [7, 11) is 0. The second-order valence-corrected chi connectivity index (χ2v) is 17.4. The molecule has 4 N–H and O–H groups in total. The van der Waals surface area contributed by atoms with Crippen molar-refractivity contribution in [3.05, 3.63) is 82.6 Å². The molecule has 350 valence electrons. The molecule has 67 heavy (non-hydrogen) atoms. The van der Waals surface area contributed by atoms with Crippen molar-refractivity contribution < 1.29 is 57.9 Å². The zero-order valence-electron chi connectivity index (χ0n) is 36.3. The second kappa shape index (κ2) is 19.0. The Kier molecular flexibility index (Phi) is 12.9. The first-order valence-corrected chi connectivity index (χ1v) is 22.4. The molecular formula is C47H47ClFN7O11. The van der Waals surface area contributed by atoms with Crippen molar-refractivity contribution in [1.29, 1.82) is 0 Å². The summed E-state index contributed by atoms with van der Waals surface area (Å²) >= 11 is 6.87. The number of amides is 5. The summed E-state index contributed by atoms with van der Waals surface area (Å²) in [5, 5.41) is 33.5. The van der Waals surface area contributed by atoms with Crippen LogP contribution < -0.4 is 19.7 Å². The average Bonchev–Trinajstić information content (AvgIpc) is 3.55. The number of hydrogen-bond acceptors (Lipinski definition) is 15. The number of halogens is 2. The van der Waals surface area contributed by atoms with Crippen molar-refractivity contribution in [2.24, 2.45) is 0 Å². The first-order chi connectivity index (χ1) is 32.2. The molecule has 0 saturated carbocycles. The number of piperazine rings is 1. The Balaban J connectivity index is 0.832. The van der Waals surface area contributed by atoms with Gasteiger partial charge in [0.05, 0.1) is 28.9 Å². The van der Waals surface area contributed by atoms with Crippen LogP contribution in [0.25, 0.3) is 32.8 Å². The van der Waals surface area contributed by atoms with E-state index < -0.39 is 53.8 Å². The van der Waals surface area contributed by atoms with Gasteiger partial charge >= 0.3 is 6.01 Å². The van der Waals surface area contributed by atoms with E-state index in [4.69, 9.17) is 30.8 Å². The highest BCUT2D eigenvalue weighted by Gasteiger charge is 2.45. The molecule has 9 rings (SSSR count). The van der Waals surface area contributed by atoms with E-state index in [1.165, 1.54) is 23.1 Å². The Morgan fingerprint density at radius 1 is 0.881 bits per heavy atom. The number of benzene rings is 4. The molecule has 1 unspecified atom stereocenters. The molecule has 20 heteroatoms. The van der Waals surface area contributed by atoms with Crippen LogP contribution in [0.2, 0.25) is 5.02 Å². The summed E-state index contributed by atoms with van der Waals surface area (Å²) in [6.45, 7) is 5.03. The third-order valence-corrected chi connectivity index (χ3v) is 12.8. The number of aliphatic hydroxyl groups excluding tert-OH is 1. The van der Waals surface area contributed by atoms with Gasteiger partial charge in [-0.3, -0.25) is 39.1 Å². The van der Waals surface area contributed by atoms with Crippen LogP contribution in [0.5, 0.6) is 17.5 Å². The smallest absolute Gasteiger partial charge is 0.319 e. The molecule has 2 atom stereocenters. The van der Waals surface area contributed by atoms with Crippen LogP contribution in [-0.2, 0) is 19.1 Å². The van der Waals surface area contributed by atoms with Gasteiger partial charge in [0.1, 0.15) is 41.6 Å². The Morgan fingerprint density at radius 3 is 2.37 bits per heavy atom. The van der Waals surface area contributed by atoms with Crippen molar-refractivity contribution in [2.45, 2.75) is 57.1 Å². The Bertz CT molecular complexity index is 2800. The van der Waals surface area contributed by atoms with Gasteiger partial charge in [0.25, 0.3) is 17.7 Å². The number of ether oxygens (including phenoxy) is 3. The fourth-order valence-electron chi connectivity index (χ4n) is 9.26. The topological polar surface area (TPSA) is 224 Å². The van der Waals surface area contributed by atoms with E-state index in [1.54, 1.807) is 18.2 Å². The fourth-order valence-corrected chi connectivity index (χ4v) is 9.55. The van der Waals surface area contributed by atoms with Crippen molar-refractivity contribution in [1.82, 2.24) is 30.0 Å². The SMILES string of the molecule is C[C@H](CN1CCC(OCCOc2ccc3c(c2)C(=O)N(C2CCC(=O)NC2=O)C3=O)CC1)Oc1nc(N2CCN(C(=O)C(O)O)CC2)c2cc(Cl)c(-c3cc(O)cc4ccccc34)c(F)c2n1. The van der Waals surface area contributed by atoms with Gasteiger partial charge in [-0.1, -0.05) is 35.9 Å². The highest BCUT2D eigenvalue weighted by atomic mass is 35.5. The minimum absolute atomic E-state index is 0.0329. The van der Waals surface area contributed by atoms with Crippen LogP contribution in [0.1, 0.15) is 53.3 Å². The summed E-state index contributed by atoms with van der Waals surface area (Å²) in [6, 6.07) is 15.3. The highest BCUT2D eigenvalue weighted by molar-refractivity contribution is 6.35. The molecule has 0 aliphatic carbocycles. The number of hydrogen-bond donors (Lipinski definition) is 4. The third kappa shape index (κ3) is 9.29. The van der Waals surface area contributed by atoms with Crippen LogP contribution in [-0.4, -0.2) is 153 Å². The summed E-state index contributed by atoms with van der Waals surface area (Å²) < 4.78 is 35.4. The number of phenols is 1. The monoisotopic (exact) mass is 939 g/mol. The molecule has 0 bridgehead atoms. The van der Waals surface area contributed by atoms with Crippen LogP contribution in [0, 0.1) is 5.82 Å². The zero-order valence-corrected chi connectivity index (χ0v) is 37.1. The second-order valence-electron chi connectivity index (χ2n) is 17.0. The van der Waals surface area contributed by atoms with Crippen LogP contribution in [0.15, 0.2) is 60.7 Å². The summed E-state index contributed by atoms with van der Waals surface area (Å²) in [6.07, 6.45) is -1.04. The Hall–Kier alpha value is -6.51. The predicted molar refractivity (Wildman–Crippen MR) is 240 cm³/mol. The lowest BCUT2D eigenvalue weighted by atomic mass is 9.96. The van der Waals surface area contributed by atoms with Crippen molar-refractivity contribution >= 4 is 68.6 Å². The number of imide groups is 2. The lowest BCUT2D eigenvalue weighted by molar-refractivity contribution is -0.159. The number of aromatic hydroxyl groups is 1. The molecule has 4 aliphatic heterocycles. The van der Waals surface area contributed by atoms with E-state index >= 15 is 4.39 Å². The molecule has 3 fully saturated rings. The standard InChI is InChI=1S/C47H47ClFN7O11/c1-25(24-53-12-10-28(11-13-53)65-18-19-66-29-6-7-31-33(22-29)44(61)56(43(31)60)36-8-9-37(58)50-42(36)59)67-47-51-40-34(41(52-47)54-14-16-55(17-15-54)45(62)46(63)64)23-35(48)38(39(40)49)32-21-27(57)20-26-4-2-3-5-30(26)32/h2-7,20-23,25,28,36,46,57,63-64H,8-19,24H2,1H3,(H,50,58,59)/t25-,36?/m1/s1. The summed E-state index contributed by atoms with van der Waals surface area (Å²) in [5.41, 5.74) is 0.667. The molecular weight excluding hydrogens is 893 g/mol. The lowest BCUT2D eigenvalue weighted by Crippen LogP contribution is -2.54. The number of likely N-dealkylation sites (tertiary alicyclic amines) is 1. The molecule has 5 aromatic rings. The fraction of sp³-hybridized carbons (Fsp3) is 0.383. The Labute approximate surface area is 387 Å². The van der Waals surface area contributed by atoms with Crippen LogP contribution >= 0.6 is 11.6 Å². The van der Waals surface area contributed by atoms with Gasteiger partial charge in [-0.2, -0.15) is 9.97 Å². The van der Waals surface area contributed by atoms with Gasteiger partial charge in [-0.05, 0) is 78.9 Å². The zero-order chi connectivity index (χ0) is 47.1. The van der Waals surface area contributed by atoms with Gasteiger partial charge in [-0.25, -0.2) is 4.39 Å². The number of rotatable bonds is 13. The number of anilines is 1. The van der Waals surface area contributed by atoms with Crippen LogP contribution in [0.3, 0.4) is 0 Å². The average molecular weight is 940 g/mol. The van der Waals surface area contributed by atoms with E-state index in [2.05, 4.69) is 15.2 Å². The van der Waals surface area contributed by atoms with Crippen molar-refractivity contribution in [3.63, 3.8) is 0 Å². The molecule has 3 saturated heterocycles. The summed E-state index contributed by atoms with van der Waals surface area (Å²) in [4.78, 5) is 78.2. The van der Waals surface area contributed by atoms with Gasteiger partial charge < -0.3 is 39.3 Å². The van der Waals surface area contributed by atoms with E-state index in [0.29, 0.717) is 52.9 Å². The number of carbonyl (C=O) groups is 5. The molecule has 0 spiro atoms. The maximum atomic E-state index is 17.1. The number of piperidine rings is 2.